The van der Waals surface area contributed by atoms with E-state index in [4.69, 9.17) is 10.00 Å². The summed E-state index contributed by atoms with van der Waals surface area (Å²) in [5.74, 6) is -0.448. The minimum Gasteiger partial charge on any atom is -0.443 e. The molecule has 2 fully saturated rings. The van der Waals surface area contributed by atoms with E-state index in [2.05, 4.69) is 4.72 Å². The van der Waals surface area contributed by atoms with E-state index in [1.807, 2.05) is 11.0 Å². The maximum absolute atomic E-state index is 14.7. The number of hydrogen-bond donors (Lipinski definition) is 1. The Morgan fingerprint density at radius 2 is 2.11 bits per heavy atom. The molecule has 0 aromatic heterocycles. The van der Waals surface area contributed by atoms with Crippen molar-refractivity contribution in [3.05, 3.63) is 35.7 Å². The third-order valence-corrected chi connectivity index (χ3v) is 5.40. The zero-order valence-corrected chi connectivity index (χ0v) is 16.2. The summed E-state index contributed by atoms with van der Waals surface area (Å²) < 4.78 is 44.5. The van der Waals surface area contributed by atoms with Crippen LogP contribution in [0, 0.1) is 17.1 Å². The maximum Gasteiger partial charge on any atom is 0.414 e. The second-order valence-corrected chi connectivity index (χ2v) is 8.62. The molecule has 28 heavy (non-hydrogen) atoms. The van der Waals surface area contributed by atoms with E-state index >= 15 is 0 Å². The number of benzene rings is 1. The first-order valence-corrected chi connectivity index (χ1v) is 10.7. The molecule has 2 aliphatic rings. The van der Waals surface area contributed by atoms with Gasteiger partial charge in [0.1, 0.15) is 11.9 Å². The van der Waals surface area contributed by atoms with Crippen LogP contribution < -0.4 is 14.5 Å². The number of nitriles is 1. The first kappa shape index (κ1) is 20.1. The van der Waals surface area contributed by atoms with Gasteiger partial charge in [0.25, 0.3) is 0 Å². The number of nitrogens with one attached hydrogen (secondary N) is 1. The molecule has 1 atom stereocenters. The molecule has 0 saturated carbocycles. The van der Waals surface area contributed by atoms with Gasteiger partial charge in [-0.25, -0.2) is 22.3 Å². The number of anilines is 2. The van der Waals surface area contributed by atoms with Gasteiger partial charge in [0.15, 0.2) is 0 Å². The van der Waals surface area contributed by atoms with Crippen LogP contribution in [0.2, 0.25) is 0 Å². The van der Waals surface area contributed by atoms with Crippen molar-refractivity contribution < 1.29 is 22.3 Å². The van der Waals surface area contributed by atoms with Crippen LogP contribution in [0.15, 0.2) is 29.8 Å². The molecule has 1 unspecified atom stereocenters. The normalized spacial score (nSPS) is 20.1. The maximum atomic E-state index is 14.7. The summed E-state index contributed by atoms with van der Waals surface area (Å²) in [6.45, 7) is 1.34. The van der Waals surface area contributed by atoms with Crippen LogP contribution in [0.3, 0.4) is 0 Å². The summed E-state index contributed by atoms with van der Waals surface area (Å²) in [6, 6.07) is 6.58. The van der Waals surface area contributed by atoms with Crippen molar-refractivity contribution in [1.82, 2.24) is 4.72 Å². The van der Waals surface area contributed by atoms with Gasteiger partial charge in [-0.2, -0.15) is 5.26 Å². The molecular formula is C18H21FN4O4S. The number of halogens is 1. The van der Waals surface area contributed by atoms with Gasteiger partial charge in [-0.1, -0.05) is 5.57 Å². The fraction of sp³-hybridized carbons (Fsp3) is 0.444. The second kappa shape index (κ2) is 8.16. The minimum absolute atomic E-state index is 0.0338. The molecule has 3 rings (SSSR count). The summed E-state index contributed by atoms with van der Waals surface area (Å²) in [6.07, 6.45) is 2.71. The molecule has 0 spiro atoms. The van der Waals surface area contributed by atoms with Crippen molar-refractivity contribution in [2.24, 2.45) is 0 Å². The Hall–Kier alpha value is -2.64. The van der Waals surface area contributed by atoms with Crippen molar-refractivity contribution in [3.8, 4) is 6.07 Å². The van der Waals surface area contributed by atoms with Gasteiger partial charge in [-0.05, 0) is 31.0 Å². The van der Waals surface area contributed by atoms with E-state index in [1.54, 1.807) is 18.2 Å². The van der Waals surface area contributed by atoms with Crippen LogP contribution >= 0.6 is 0 Å². The SMILES string of the molecule is CS(=O)(=O)NCC1CN(c2ccc(N3CCC(=CC#N)CC3)c(F)c2)C(=O)O1. The van der Waals surface area contributed by atoms with E-state index in [0.717, 1.165) is 11.8 Å². The fourth-order valence-electron chi connectivity index (χ4n) is 3.27. The van der Waals surface area contributed by atoms with Crippen LogP contribution in [-0.2, 0) is 14.8 Å². The molecule has 2 saturated heterocycles. The Balaban J connectivity index is 1.67. The number of rotatable bonds is 5. The molecule has 1 aromatic carbocycles. The van der Waals surface area contributed by atoms with E-state index in [0.29, 0.717) is 37.3 Å². The van der Waals surface area contributed by atoms with Gasteiger partial charge < -0.3 is 9.64 Å². The molecule has 1 N–H and O–H groups in total. The number of piperidine rings is 1. The van der Waals surface area contributed by atoms with Gasteiger partial charge in [0.2, 0.25) is 10.0 Å². The number of amides is 1. The third-order valence-electron chi connectivity index (χ3n) is 4.71. The number of cyclic esters (lactones) is 1. The van der Waals surface area contributed by atoms with E-state index in [-0.39, 0.29) is 13.1 Å². The predicted octanol–water partition coefficient (Wildman–Crippen LogP) is 1.75. The highest BCUT2D eigenvalue weighted by molar-refractivity contribution is 7.88. The number of nitrogens with zero attached hydrogens (tertiary/aromatic N) is 3. The first-order valence-electron chi connectivity index (χ1n) is 8.81. The van der Waals surface area contributed by atoms with Gasteiger partial charge in [0, 0.05) is 25.7 Å². The van der Waals surface area contributed by atoms with Crippen LogP contribution in [0.4, 0.5) is 20.6 Å². The van der Waals surface area contributed by atoms with Crippen LogP contribution in [-0.4, -0.2) is 53.0 Å². The van der Waals surface area contributed by atoms with Crippen molar-refractivity contribution in [1.29, 1.82) is 5.26 Å². The van der Waals surface area contributed by atoms with E-state index < -0.39 is 28.0 Å². The number of ether oxygens (including phenoxy) is 1. The average Bonchev–Trinajstić information content (AvgIpc) is 3.01. The summed E-state index contributed by atoms with van der Waals surface area (Å²) >= 11 is 0. The van der Waals surface area contributed by atoms with Crippen LogP contribution in [0.1, 0.15) is 12.8 Å². The Morgan fingerprint density at radius 1 is 1.39 bits per heavy atom. The number of allylic oxidation sites excluding steroid dienone is 1. The van der Waals surface area contributed by atoms with E-state index in [1.165, 1.54) is 11.0 Å². The average molecular weight is 408 g/mol. The van der Waals surface area contributed by atoms with Crippen molar-refractivity contribution in [2.45, 2.75) is 18.9 Å². The molecule has 1 aromatic rings. The van der Waals surface area contributed by atoms with Crippen molar-refractivity contribution in [2.75, 3.05) is 42.2 Å². The first-order chi connectivity index (χ1) is 13.3. The van der Waals surface area contributed by atoms with Gasteiger partial charge in [-0.3, -0.25) is 4.90 Å². The van der Waals surface area contributed by atoms with Crippen LogP contribution in [0.25, 0.3) is 0 Å². The van der Waals surface area contributed by atoms with Crippen molar-refractivity contribution in [3.63, 3.8) is 0 Å². The third kappa shape index (κ3) is 4.79. The molecule has 0 aliphatic carbocycles. The van der Waals surface area contributed by atoms with Gasteiger partial charge >= 0.3 is 6.09 Å². The highest BCUT2D eigenvalue weighted by Crippen LogP contribution is 2.30. The highest BCUT2D eigenvalue weighted by atomic mass is 32.2. The largest absolute Gasteiger partial charge is 0.443 e. The molecule has 150 valence electrons. The topological polar surface area (TPSA) is 103 Å². The summed E-state index contributed by atoms with van der Waals surface area (Å²) in [5.41, 5.74) is 1.86. The highest BCUT2D eigenvalue weighted by Gasteiger charge is 2.33. The predicted molar refractivity (Wildman–Crippen MR) is 102 cm³/mol. The molecule has 8 nitrogen and oxygen atoms in total. The monoisotopic (exact) mass is 408 g/mol. The van der Waals surface area contributed by atoms with Crippen molar-refractivity contribution >= 4 is 27.5 Å². The quantitative estimate of drug-likeness (QED) is 0.745. The number of carbonyl (C=O) groups excluding carboxylic acids is 1. The van der Waals surface area contributed by atoms with E-state index in [9.17, 15) is 17.6 Å². The Labute approximate surface area is 163 Å². The lowest BCUT2D eigenvalue weighted by molar-refractivity contribution is 0.143. The lowest BCUT2D eigenvalue weighted by Gasteiger charge is -2.30. The minimum atomic E-state index is -3.39. The molecule has 2 aliphatic heterocycles. The molecule has 2 heterocycles. The van der Waals surface area contributed by atoms with Gasteiger partial charge in [-0.15, -0.1) is 0 Å². The molecule has 0 radical (unpaired) electrons. The summed E-state index contributed by atoms with van der Waals surface area (Å²) in [5, 5.41) is 8.72. The Morgan fingerprint density at radius 3 is 2.71 bits per heavy atom. The van der Waals surface area contributed by atoms with Crippen LogP contribution in [0.5, 0.6) is 0 Å². The lowest BCUT2D eigenvalue weighted by Crippen LogP contribution is -2.34. The van der Waals surface area contributed by atoms with Gasteiger partial charge in [0.05, 0.1) is 30.2 Å². The molecular weight excluding hydrogens is 387 g/mol. The zero-order chi connectivity index (χ0) is 20.3. The number of carbonyl (C=O) groups is 1. The second-order valence-electron chi connectivity index (χ2n) is 6.79. The molecule has 10 heteroatoms. The standard InChI is InChI=1S/C18H21FN4O4S/c1-28(25,26)21-11-15-12-23(18(24)27-15)14-2-3-17(16(19)10-14)22-8-5-13(4-7-20)6-9-22/h2-4,10,15,21H,5-6,8-9,11-12H2,1H3. The molecule has 0 bridgehead atoms. The number of sulfonamides is 1. The number of hydrogen-bond acceptors (Lipinski definition) is 6. The Kier molecular flexibility index (Phi) is 5.86. The Bertz CT molecular complexity index is 931. The lowest BCUT2D eigenvalue weighted by atomic mass is 10.0. The fourth-order valence-corrected chi connectivity index (χ4v) is 3.76. The summed E-state index contributed by atoms with van der Waals surface area (Å²) in [4.78, 5) is 15.3. The zero-order valence-electron chi connectivity index (χ0n) is 15.4. The molecule has 1 amide bonds. The summed E-state index contributed by atoms with van der Waals surface area (Å²) in [7, 11) is -3.39. The smallest absolute Gasteiger partial charge is 0.414 e.